The average molecular weight is 512 g/mol. The Labute approximate surface area is 202 Å². The van der Waals surface area contributed by atoms with Gasteiger partial charge in [-0.15, -0.1) is 0 Å². The van der Waals surface area contributed by atoms with Crippen molar-refractivity contribution in [2.24, 2.45) is 0 Å². The van der Waals surface area contributed by atoms with Gasteiger partial charge in [0.15, 0.2) is 0 Å². The number of nitriles is 1. The monoisotopic (exact) mass is 511 g/mol. The summed E-state index contributed by atoms with van der Waals surface area (Å²) in [6.07, 6.45) is 4.17. The van der Waals surface area contributed by atoms with Gasteiger partial charge in [-0.2, -0.15) is 10.2 Å². The van der Waals surface area contributed by atoms with E-state index in [2.05, 4.69) is 37.2 Å². The van der Waals surface area contributed by atoms with Crippen LogP contribution in [0.1, 0.15) is 24.0 Å². The Bertz CT molecular complexity index is 1050. The maximum Gasteiger partial charge on any atom is 0.232 e. The van der Waals surface area contributed by atoms with E-state index >= 15 is 0 Å². The first-order valence-electron chi connectivity index (χ1n) is 10.4. The standard InChI is InChI=1S/C22H19BrN4OS.C2H7N/c23-18-5-3-4-17(12-18)15-28-21-20(29-19-8-6-16(13-24)7-9-19)14-25-22(26-21)27-10-1-2-11-27;1-3-2/h3-9,12,14H,1-2,10-11,15H2;3H,1-2H3. The molecule has 1 aliphatic heterocycles. The smallest absolute Gasteiger partial charge is 0.232 e. The highest BCUT2D eigenvalue weighted by atomic mass is 79.9. The number of anilines is 1. The van der Waals surface area contributed by atoms with E-state index in [1.807, 2.05) is 68.8 Å². The summed E-state index contributed by atoms with van der Waals surface area (Å²) < 4.78 is 7.14. The molecule has 1 aliphatic rings. The summed E-state index contributed by atoms with van der Waals surface area (Å²) in [7, 11) is 3.75. The number of rotatable bonds is 6. The second kappa shape index (κ2) is 12.4. The molecule has 1 aromatic heterocycles. The molecule has 166 valence electrons. The van der Waals surface area contributed by atoms with Gasteiger partial charge in [0.25, 0.3) is 0 Å². The summed E-state index contributed by atoms with van der Waals surface area (Å²) >= 11 is 5.04. The predicted octanol–water partition coefficient (Wildman–Crippen LogP) is 5.28. The van der Waals surface area contributed by atoms with Gasteiger partial charge in [-0.1, -0.05) is 39.8 Å². The molecule has 0 unspecified atom stereocenters. The van der Waals surface area contributed by atoms with Crippen molar-refractivity contribution in [2.45, 2.75) is 29.2 Å². The Hall–Kier alpha value is -2.60. The summed E-state index contributed by atoms with van der Waals surface area (Å²) in [5.41, 5.74) is 1.70. The summed E-state index contributed by atoms with van der Waals surface area (Å²) in [5, 5.41) is 11.7. The normalized spacial score (nSPS) is 12.6. The van der Waals surface area contributed by atoms with E-state index in [4.69, 9.17) is 15.0 Å². The van der Waals surface area contributed by atoms with Crippen LogP contribution in [0.3, 0.4) is 0 Å². The number of nitrogens with one attached hydrogen (secondary N) is 1. The molecule has 4 rings (SSSR count). The molecule has 2 heterocycles. The van der Waals surface area contributed by atoms with Gasteiger partial charge in [-0.25, -0.2) is 4.98 Å². The Balaban J connectivity index is 0.000000913. The van der Waals surface area contributed by atoms with Crippen LogP contribution in [0.4, 0.5) is 5.95 Å². The Morgan fingerprint density at radius 2 is 1.88 bits per heavy atom. The first-order chi connectivity index (χ1) is 15.6. The summed E-state index contributed by atoms with van der Waals surface area (Å²) in [4.78, 5) is 13.4. The van der Waals surface area contributed by atoms with Crippen molar-refractivity contribution in [1.29, 1.82) is 5.26 Å². The third-order valence-electron chi connectivity index (χ3n) is 4.57. The molecule has 0 bridgehead atoms. The van der Waals surface area contributed by atoms with Gasteiger partial charge in [0.1, 0.15) is 6.61 Å². The fraction of sp³-hybridized carbons (Fsp3) is 0.292. The topological polar surface area (TPSA) is 74.1 Å². The van der Waals surface area contributed by atoms with Crippen molar-refractivity contribution in [3.05, 3.63) is 70.3 Å². The van der Waals surface area contributed by atoms with Crippen molar-refractivity contribution < 1.29 is 4.74 Å². The largest absolute Gasteiger partial charge is 0.472 e. The molecular formula is C24H26BrN5OS. The van der Waals surface area contributed by atoms with Crippen LogP contribution in [-0.4, -0.2) is 37.2 Å². The van der Waals surface area contributed by atoms with Crippen molar-refractivity contribution >= 4 is 33.6 Å². The molecule has 0 saturated carbocycles. The van der Waals surface area contributed by atoms with Gasteiger partial charge < -0.3 is 15.0 Å². The zero-order chi connectivity index (χ0) is 22.8. The third kappa shape index (κ3) is 6.95. The molecule has 1 fully saturated rings. The summed E-state index contributed by atoms with van der Waals surface area (Å²) in [6, 6.07) is 17.7. The molecule has 0 amide bonds. The van der Waals surface area contributed by atoms with Gasteiger partial charge in [-0.3, -0.25) is 0 Å². The molecule has 0 atom stereocenters. The number of halogens is 1. The molecule has 0 radical (unpaired) electrons. The predicted molar refractivity (Wildman–Crippen MR) is 132 cm³/mol. The van der Waals surface area contributed by atoms with Gasteiger partial charge >= 0.3 is 0 Å². The molecule has 1 saturated heterocycles. The number of hydrogen-bond acceptors (Lipinski definition) is 7. The van der Waals surface area contributed by atoms with E-state index in [9.17, 15) is 0 Å². The van der Waals surface area contributed by atoms with Crippen LogP contribution in [0.15, 0.2) is 69.0 Å². The lowest BCUT2D eigenvalue weighted by Gasteiger charge is -2.17. The highest BCUT2D eigenvalue weighted by molar-refractivity contribution is 9.10. The number of hydrogen-bond donors (Lipinski definition) is 1. The molecule has 3 aromatic rings. The fourth-order valence-corrected chi connectivity index (χ4v) is 4.36. The molecule has 1 N–H and O–H groups in total. The number of ether oxygens (including phenoxy) is 1. The quantitative estimate of drug-likeness (QED) is 0.482. The Morgan fingerprint density at radius 1 is 1.16 bits per heavy atom. The molecule has 32 heavy (non-hydrogen) atoms. The lowest BCUT2D eigenvalue weighted by atomic mass is 10.2. The SMILES string of the molecule is CNC.N#Cc1ccc(Sc2cnc(N3CCCC3)nc2OCc2cccc(Br)c2)cc1. The van der Waals surface area contributed by atoms with Crippen LogP contribution in [0.5, 0.6) is 5.88 Å². The minimum absolute atomic E-state index is 0.427. The van der Waals surface area contributed by atoms with Gasteiger partial charge in [-0.05, 0) is 68.9 Å². The van der Waals surface area contributed by atoms with Gasteiger partial charge in [0, 0.05) is 22.5 Å². The van der Waals surface area contributed by atoms with E-state index in [0.717, 1.165) is 38.9 Å². The zero-order valence-corrected chi connectivity index (χ0v) is 20.6. The van der Waals surface area contributed by atoms with Crippen molar-refractivity contribution in [3.8, 4) is 11.9 Å². The molecule has 0 aliphatic carbocycles. The molecular weight excluding hydrogens is 486 g/mol. The molecule has 6 nitrogen and oxygen atoms in total. The van der Waals surface area contributed by atoms with Crippen molar-refractivity contribution in [3.63, 3.8) is 0 Å². The second-order valence-corrected chi connectivity index (χ2v) is 9.22. The lowest BCUT2D eigenvalue weighted by Crippen LogP contribution is -2.20. The molecule has 2 aromatic carbocycles. The van der Waals surface area contributed by atoms with Crippen LogP contribution >= 0.6 is 27.7 Å². The maximum absolute atomic E-state index is 8.99. The molecule has 0 spiro atoms. The zero-order valence-electron chi connectivity index (χ0n) is 18.2. The Kier molecular flexibility index (Phi) is 9.35. The first-order valence-corrected chi connectivity index (χ1v) is 12.0. The van der Waals surface area contributed by atoms with E-state index in [1.54, 1.807) is 0 Å². The number of aromatic nitrogens is 2. The van der Waals surface area contributed by atoms with Crippen molar-refractivity contribution in [2.75, 3.05) is 32.1 Å². The average Bonchev–Trinajstić information content (AvgIpc) is 3.35. The van der Waals surface area contributed by atoms with E-state index in [1.165, 1.54) is 24.6 Å². The van der Waals surface area contributed by atoms with Crippen molar-refractivity contribution in [1.82, 2.24) is 15.3 Å². The van der Waals surface area contributed by atoms with Crippen LogP contribution < -0.4 is 15.0 Å². The van der Waals surface area contributed by atoms with E-state index in [-0.39, 0.29) is 0 Å². The highest BCUT2D eigenvalue weighted by Gasteiger charge is 2.18. The minimum atomic E-state index is 0.427. The second-order valence-electron chi connectivity index (χ2n) is 7.19. The van der Waals surface area contributed by atoms with Crippen LogP contribution in [0.2, 0.25) is 0 Å². The summed E-state index contributed by atoms with van der Waals surface area (Å²) in [6.45, 7) is 2.39. The molecule has 8 heteroatoms. The van der Waals surface area contributed by atoms with Crippen LogP contribution in [0.25, 0.3) is 0 Å². The minimum Gasteiger partial charge on any atom is -0.472 e. The maximum atomic E-state index is 8.99. The summed E-state index contributed by atoms with van der Waals surface area (Å²) in [5.74, 6) is 1.30. The van der Waals surface area contributed by atoms with Crippen LogP contribution in [-0.2, 0) is 6.61 Å². The Morgan fingerprint density at radius 3 is 2.53 bits per heavy atom. The first kappa shape index (κ1) is 24.1. The number of nitrogens with zero attached hydrogens (tertiary/aromatic N) is 4. The lowest BCUT2D eigenvalue weighted by molar-refractivity contribution is 0.285. The van der Waals surface area contributed by atoms with Gasteiger partial charge in [0.05, 0.1) is 22.7 Å². The van der Waals surface area contributed by atoms with Gasteiger partial charge in [0.2, 0.25) is 11.8 Å². The van der Waals surface area contributed by atoms with Crippen LogP contribution in [0, 0.1) is 11.3 Å². The third-order valence-corrected chi connectivity index (χ3v) is 6.08. The van der Waals surface area contributed by atoms with E-state index < -0.39 is 0 Å². The fourth-order valence-electron chi connectivity index (χ4n) is 3.09. The highest BCUT2D eigenvalue weighted by Crippen LogP contribution is 2.35. The number of benzene rings is 2. The van der Waals surface area contributed by atoms with E-state index in [0.29, 0.717) is 18.1 Å².